The van der Waals surface area contributed by atoms with Crippen LogP contribution in [0, 0.1) is 29.0 Å². The van der Waals surface area contributed by atoms with Crippen LogP contribution in [-0.2, 0) is 11.3 Å². The summed E-state index contributed by atoms with van der Waals surface area (Å²) in [5.74, 6) is -0.454. The van der Waals surface area contributed by atoms with Crippen molar-refractivity contribution in [2.75, 3.05) is 0 Å². The van der Waals surface area contributed by atoms with Crippen LogP contribution >= 0.6 is 0 Å². The number of aromatic hydroxyl groups is 1. The van der Waals surface area contributed by atoms with Crippen LogP contribution in [0.4, 0.5) is 4.39 Å². The molecule has 156 valence electrons. The molecule has 1 N–H and O–H groups in total. The molecule has 1 fully saturated rings. The van der Waals surface area contributed by atoms with E-state index in [0.29, 0.717) is 17.4 Å². The first-order chi connectivity index (χ1) is 14.5. The van der Waals surface area contributed by atoms with E-state index in [4.69, 9.17) is 4.52 Å². The molecule has 0 saturated heterocycles. The van der Waals surface area contributed by atoms with Crippen molar-refractivity contribution in [3.05, 3.63) is 47.1 Å². The largest absolute Gasteiger partial charge is 0.505 e. The summed E-state index contributed by atoms with van der Waals surface area (Å²) in [4.78, 5) is 15.0. The topological polar surface area (TPSA) is 90.4 Å². The first-order valence-corrected chi connectivity index (χ1v) is 10.4. The number of nitriles is 1. The Balaban J connectivity index is 1.62. The third-order valence-corrected chi connectivity index (χ3v) is 6.02. The molecule has 2 atom stereocenters. The minimum atomic E-state index is -0.866. The summed E-state index contributed by atoms with van der Waals surface area (Å²) in [5, 5.41) is 23.0. The number of rotatable bonds is 5. The van der Waals surface area contributed by atoms with Crippen LogP contribution in [0.25, 0.3) is 11.3 Å². The first-order valence-electron chi connectivity index (χ1n) is 10.4. The standard InChI is InChI=1S/C23H24FN3O3/c1-2-5-16-8-14-6-3-4-7-18(14)23(29)27(16)13-17-10-21(26-30-17)19-11-22(28)20(24)9-15(19)12-25/h8-11,14,18,28H,2-7,13H2,1H3. The van der Waals surface area contributed by atoms with Gasteiger partial charge in [0, 0.05) is 23.2 Å². The maximum Gasteiger partial charge on any atom is 0.230 e. The Labute approximate surface area is 174 Å². The normalized spacial score (nSPS) is 21.2. The lowest BCUT2D eigenvalue weighted by atomic mass is 9.75. The van der Waals surface area contributed by atoms with Gasteiger partial charge in [-0.1, -0.05) is 37.4 Å². The van der Waals surface area contributed by atoms with Gasteiger partial charge >= 0.3 is 0 Å². The number of allylic oxidation sites excluding steroid dienone is 2. The highest BCUT2D eigenvalue weighted by atomic mass is 19.1. The number of carbonyl (C=O) groups excluding carboxylic acids is 1. The monoisotopic (exact) mass is 409 g/mol. The Morgan fingerprint density at radius 2 is 2.13 bits per heavy atom. The van der Waals surface area contributed by atoms with E-state index in [-0.39, 0.29) is 29.5 Å². The van der Waals surface area contributed by atoms with Crippen molar-refractivity contribution in [1.82, 2.24) is 10.1 Å². The lowest BCUT2D eigenvalue weighted by molar-refractivity contribution is -0.138. The van der Waals surface area contributed by atoms with Gasteiger partial charge in [-0.05, 0) is 37.3 Å². The number of phenolic OH excluding ortho intramolecular Hbond substituents is 1. The van der Waals surface area contributed by atoms with Crippen molar-refractivity contribution in [2.45, 2.75) is 52.0 Å². The highest BCUT2D eigenvalue weighted by Crippen LogP contribution is 2.39. The van der Waals surface area contributed by atoms with Crippen LogP contribution in [0.5, 0.6) is 5.75 Å². The van der Waals surface area contributed by atoms with E-state index in [9.17, 15) is 19.6 Å². The highest BCUT2D eigenvalue weighted by Gasteiger charge is 2.38. The first kappa shape index (κ1) is 20.1. The summed E-state index contributed by atoms with van der Waals surface area (Å²) < 4.78 is 19.0. The average molecular weight is 409 g/mol. The number of phenols is 1. The van der Waals surface area contributed by atoms with Gasteiger partial charge in [-0.2, -0.15) is 5.26 Å². The van der Waals surface area contributed by atoms with Gasteiger partial charge in [-0.3, -0.25) is 4.79 Å². The highest BCUT2D eigenvalue weighted by molar-refractivity contribution is 5.82. The quantitative estimate of drug-likeness (QED) is 0.759. The second-order valence-electron chi connectivity index (χ2n) is 8.03. The van der Waals surface area contributed by atoms with Gasteiger partial charge in [-0.15, -0.1) is 0 Å². The number of nitrogens with zero attached hydrogens (tertiary/aromatic N) is 3. The molecule has 2 unspecified atom stereocenters. The summed E-state index contributed by atoms with van der Waals surface area (Å²) >= 11 is 0. The number of amides is 1. The molecule has 7 heteroatoms. The second-order valence-corrected chi connectivity index (χ2v) is 8.03. The van der Waals surface area contributed by atoms with Gasteiger partial charge in [0.1, 0.15) is 5.69 Å². The van der Waals surface area contributed by atoms with E-state index in [2.05, 4.69) is 18.2 Å². The smallest absolute Gasteiger partial charge is 0.230 e. The van der Waals surface area contributed by atoms with Gasteiger partial charge in [0.05, 0.1) is 18.2 Å². The fourth-order valence-corrected chi connectivity index (χ4v) is 4.53. The lowest BCUT2D eigenvalue weighted by Crippen LogP contribution is -2.43. The van der Waals surface area contributed by atoms with Crippen molar-refractivity contribution in [1.29, 1.82) is 5.26 Å². The third-order valence-electron chi connectivity index (χ3n) is 6.02. The van der Waals surface area contributed by atoms with Crippen molar-refractivity contribution >= 4 is 5.91 Å². The van der Waals surface area contributed by atoms with Gasteiger partial charge in [0.25, 0.3) is 0 Å². The van der Waals surface area contributed by atoms with E-state index in [1.54, 1.807) is 11.0 Å². The Morgan fingerprint density at radius 1 is 1.33 bits per heavy atom. The van der Waals surface area contributed by atoms with Gasteiger partial charge in [-0.25, -0.2) is 4.39 Å². The Bertz CT molecular complexity index is 1040. The Morgan fingerprint density at radius 3 is 2.90 bits per heavy atom. The van der Waals surface area contributed by atoms with Crippen molar-refractivity contribution in [3.63, 3.8) is 0 Å². The molecule has 1 aromatic carbocycles. The molecule has 0 radical (unpaired) electrons. The molecule has 4 rings (SSSR count). The SMILES string of the molecule is CCCC1=CC2CCCCC2C(=O)N1Cc1cc(-c2cc(O)c(F)cc2C#N)no1. The second kappa shape index (κ2) is 8.31. The molecular formula is C23H24FN3O3. The van der Waals surface area contributed by atoms with E-state index in [1.807, 2.05) is 6.07 Å². The lowest BCUT2D eigenvalue weighted by Gasteiger charge is -2.39. The molecule has 2 aromatic rings. The minimum absolute atomic E-state index is 0.0287. The van der Waals surface area contributed by atoms with E-state index in [0.717, 1.165) is 49.9 Å². The average Bonchev–Trinajstić information content (AvgIpc) is 3.21. The Hall–Kier alpha value is -3.14. The van der Waals surface area contributed by atoms with Crippen LogP contribution < -0.4 is 0 Å². The number of halogens is 1. The maximum atomic E-state index is 13.6. The van der Waals surface area contributed by atoms with Gasteiger partial charge < -0.3 is 14.5 Å². The number of hydrogen-bond donors (Lipinski definition) is 1. The molecule has 30 heavy (non-hydrogen) atoms. The summed E-state index contributed by atoms with van der Waals surface area (Å²) in [6.45, 7) is 2.35. The summed E-state index contributed by atoms with van der Waals surface area (Å²) in [7, 11) is 0. The third kappa shape index (κ3) is 3.70. The molecular weight excluding hydrogens is 385 g/mol. The van der Waals surface area contributed by atoms with Gasteiger partial charge in [0.2, 0.25) is 5.91 Å². The fourth-order valence-electron chi connectivity index (χ4n) is 4.53. The van der Waals surface area contributed by atoms with Gasteiger partial charge in [0.15, 0.2) is 17.3 Å². The molecule has 1 aliphatic heterocycles. The van der Waals surface area contributed by atoms with Crippen molar-refractivity contribution in [2.24, 2.45) is 11.8 Å². The number of carbonyl (C=O) groups is 1. The van der Waals surface area contributed by atoms with E-state index >= 15 is 0 Å². The predicted octanol–water partition coefficient (Wildman–Crippen LogP) is 4.89. The maximum absolute atomic E-state index is 13.6. The van der Waals surface area contributed by atoms with E-state index < -0.39 is 11.6 Å². The molecule has 1 amide bonds. The summed E-state index contributed by atoms with van der Waals surface area (Å²) in [5.41, 5.74) is 1.68. The van der Waals surface area contributed by atoms with E-state index in [1.165, 1.54) is 6.42 Å². The number of fused-ring (bicyclic) bond motifs is 1. The molecule has 2 heterocycles. The Kier molecular flexibility index (Phi) is 5.58. The zero-order valence-electron chi connectivity index (χ0n) is 16.9. The number of benzene rings is 1. The van der Waals surface area contributed by atoms with Crippen LogP contribution in [0.3, 0.4) is 0 Å². The molecule has 1 saturated carbocycles. The molecule has 0 spiro atoms. The summed E-state index contributed by atoms with van der Waals surface area (Å²) in [6.07, 6.45) is 8.25. The molecule has 1 aromatic heterocycles. The molecule has 6 nitrogen and oxygen atoms in total. The van der Waals surface area contributed by atoms with Crippen molar-refractivity contribution in [3.8, 4) is 23.1 Å². The van der Waals surface area contributed by atoms with Crippen molar-refractivity contribution < 1.29 is 18.8 Å². The van der Waals surface area contributed by atoms with Crippen LogP contribution in [0.15, 0.2) is 34.5 Å². The molecule has 0 bridgehead atoms. The zero-order chi connectivity index (χ0) is 21.3. The minimum Gasteiger partial charge on any atom is -0.505 e. The summed E-state index contributed by atoms with van der Waals surface area (Å²) in [6, 6.07) is 5.68. The fraction of sp³-hybridized carbons (Fsp3) is 0.435. The van der Waals surface area contributed by atoms with Crippen LogP contribution in [0.2, 0.25) is 0 Å². The van der Waals surface area contributed by atoms with Crippen LogP contribution in [-0.4, -0.2) is 21.1 Å². The zero-order valence-corrected chi connectivity index (χ0v) is 16.9. The predicted molar refractivity (Wildman–Crippen MR) is 107 cm³/mol. The molecule has 1 aliphatic carbocycles. The number of aromatic nitrogens is 1. The molecule has 2 aliphatic rings. The van der Waals surface area contributed by atoms with Crippen LogP contribution in [0.1, 0.15) is 56.8 Å². The number of hydrogen-bond acceptors (Lipinski definition) is 5.